The molecule has 0 fully saturated rings. The summed E-state index contributed by atoms with van der Waals surface area (Å²) in [7, 11) is 1.61. The largest absolute Gasteiger partial charge is 0.496 e. The molecular formula is C23H37BrO3. The summed E-state index contributed by atoms with van der Waals surface area (Å²) in [5.41, 5.74) is 0.650. The van der Waals surface area contributed by atoms with Crippen molar-refractivity contribution in [2.75, 3.05) is 20.3 Å². The van der Waals surface area contributed by atoms with Crippen molar-refractivity contribution < 1.29 is 14.3 Å². The quantitative estimate of drug-likeness (QED) is 0.187. The number of benzene rings is 1. The van der Waals surface area contributed by atoms with Crippen LogP contribution >= 0.6 is 15.9 Å². The van der Waals surface area contributed by atoms with E-state index in [1.165, 1.54) is 70.6 Å². The minimum Gasteiger partial charge on any atom is -0.496 e. The van der Waals surface area contributed by atoms with Crippen LogP contribution in [-0.4, -0.2) is 26.1 Å². The third kappa shape index (κ3) is 11.5. The van der Waals surface area contributed by atoms with Crippen LogP contribution in [0.3, 0.4) is 0 Å². The van der Waals surface area contributed by atoms with Gasteiger partial charge >= 0.3 is 0 Å². The van der Waals surface area contributed by atoms with Crippen molar-refractivity contribution >= 4 is 21.7 Å². The fraction of sp³-hybridized carbons (Fsp3) is 0.696. The minimum absolute atomic E-state index is 0.0114. The van der Waals surface area contributed by atoms with Crippen LogP contribution in [0.15, 0.2) is 22.7 Å². The SMILES string of the molecule is CCCCCCCCCCCCCCOCC(=O)c1ccc(OC)c(Br)c1. The highest BCUT2D eigenvalue weighted by atomic mass is 79.9. The van der Waals surface area contributed by atoms with Gasteiger partial charge in [-0.25, -0.2) is 0 Å². The van der Waals surface area contributed by atoms with E-state index >= 15 is 0 Å². The smallest absolute Gasteiger partial charge is 0.188 e. The van der Waals surface area contributed by atoms with Crippen molar-refractivity contribution in [2.24, 2.45) is 0 Å². The van der Waals surface area contributed by atoms with Gasteiger partial charge in [-0.3, -0.25) is 4.79 Å². The number of halogens is 1. The second kappa shape index (κ2) is 16.1. The Hall–Kier alpha value is -0.870. The van der Waals surface area contributed by atoms with Gasteiger partial charge in [0.15, 0.2) is 5.78 Å². The summed E-state index contributed by atoms with van der Waals surface area (Å²) in [6, 6.07) is 5.36. The molecule has 0 atom stereocenters. The molecule has 1 aromatic carbocycles. The molecule has 0 N–H and O–H groups in total. The number of ketones is 1. The molecule has 0 amide bonds. The van der Waals surface area contributed by atoms with E-state index in [2.05, 4.69) is 22.9 Å². The zero-order valence-corrected chi connectivity index (χ0v) is 18.8. The fourth-order valence-corrected chi connectivity index (χ4v) is 3.67. The van der Waals surface area contributed by atoms with Crippen molar-refractivity contribution in [3.63, 3.8) is 0 Å². The lowest BCUT2D eigenvalue weighted by molar-refractivity contribution is 0.0752. The number of unbranched alkanes of at least 4 members (excludes halogenated alkanes) is 11. The maximum Gasteiger partial charge on any atom is 0.188 e. The van der Waals surface area contributed by atoms with Crippen LogP contribution in [0.4, 0.5) is 0 Å². The number of carbonyl (C=O) groups is 1. The predicted molar refractivity (Wildman–Crippen MR) is 117 cm³/mol. The number of hydrogen-bond donors (Lipinski definition) is 0. The van der Waals surface area contributed by atoms with E-state index in [9.17, 15) is 4.79 Å². The molecule has 0 spiro atoms. The van der Waals surface area contributed by atoms with Crippen LogP contribution in [-0.2, 0) is 4.74 Å². The molecule has 0 heterocycles. The highest BCUT2D eigenvalue weighted by Crippen LogP contribution is 2.25. The molecule has 0 aliphatic rings. The summed E-state index contributed by atoms with van der Waals surface area (Å²) in [6.45, 7) is 3.08. The molecule has 1 rings (SSSR count). The highest BCUT2D eigenvalue weighted by Gasteiger charge is 2.09. The van der Waals surface area contributed by atoms with Crippen LogP contribution in [0.5, 0.6) is 5.75 Å². The molecule has 0 bridgehead atoms. The van der Waals surface area contributed by atoms with Gasteiger partial charge in [-0.1, -0.05) is 77.6 Å². The number of rotatable bonds is 17. The molecule has 0 aliphatic heterocycles. The zero-order chi connectivity index (χ0) is 19.7. The zero-order valence-electron chi connectivity index (χ0n) is 17.2. The molecule has 0 aliphatic carbocycles. The molecule has 1 aromatic rings. The Labute approximate surface area is 174 Å². The van der Waals surface area contributed by atoms with Crippen LogP contribution in [0.2, 0.25) is 0 Å². The number of carbonyl (C=O) groups excluding carboxylic acids is 1. The number of Topliss-reactive ketones (excluding diaryl/α,β-unsaturated/α-hetero) is 1. The van der Waals surface area contributed by atoms with Gasteiger partial charge in [-0.2, -0.15) is 0 Å². The van der Waals surface area contributed by atoms with E-state index in [-0.39, 0.29) is 12.4 Å². The van der Waals surface area contributed by atoms with Crippen molar-refractivity contribution in [1.29, 1.82) is 0 Å². The summed E-state index contributed by atoms with van der Waals surface area (Å²) in [5.74, 6) is 0.737. The second-order valence-corrected chi connectivity index (χ2v) is 8.07. The van der Waals surface area contributed by atoms with E-state index in [1.54, 1.807) is 25.3 Å². The third-order valence-corrected chi connectivity index (χ3v) is 5.47. The van der Waals surface area contributed by atoms with Gasteiger partial charge in [0.2, 0.25) is 0 Å². The van der Waals surface area contributed by atoms with Crippen LogP contribution in [0.1, 0.15) is 94.3 Å². The van der Waals surface area contributed by atoms with E-state index in [0.717, 1.165) is 16.6 Å². The number of hydrogen-bond acceptors (Lipinski definition) is 3. The summed E-state index contributed by atoms with van der Waals surface area (Å²) >= 11 is 3.40. The van der Waals surface area contributed by atoms with Gasteiger partial charge in [-0.15, -0.1) is 0 Å². The first-order chi connectivity index (χ1) is 13.2. The molecule has 27 heavy (non-hydrogen) atoms. The van der Waals surface area contributed by atoms with E-state index in [4.69, 9.17) is 9.47 Å². The van der Waals surface area contributed by atoms with Crippen LogP contribution in [0.25, 0.3) is 0 Å². The lowest BCUT2D eigenvalue weighted by Gasteiger charge is -2.07. The molecule has 0 aromatic heterocycles. The van der Waals surface area contributed by atoms with Crippen LogP contribution in [0, 0.1) is 0 Å². The maximum absolute atomic E-state index is 12.1. The minimum atomic E-state index is 0.0114. The summed E-state index contributed by atoms with van der Waals surface area (Å²) in [6.07, 6.45) is 15.9. The normalized spacial score (nSPS) is 10.9. The Bertz CT molecular complexity index is 516. The molecule has 0 saturated heterocycles. The first-order valence-electron chi connectivity index (χ1n) is 10.6. The van der Waals surface area contributed by atoms with Gasteiger partial charge in [0, 0.05) is 12.2 Å². The van der Waals surface area contributed by atoms with Crippen molar-refractivity contribution in [3.8, 4) is 5.75 Å². The molecule has 4 heteroatoms. The molecule has 3 nitrogen and oxygen atoms in total. The Morgan fingerprint density at radius 2 is 1.44 bits per heavy atom. The first kappa shape index (κ1) is 24.2. The van der Waals surface area contributed by atoms with Crippen LogP contribution < -0.4 is 4.74 Å². The molecular weight excluding hydrogens is 404 g/mol. The van der Waals surface area contributed by atoms with Gasteiger partial charge in [0.1, 0.15) is 12.4 Å². The lowest BCUT2D eigenvalue weighted by Crippen LogP contribution is -2.10. The molecule has 0 saturated carbocycles. The summed E-state index contributed by atoms with van der Waals surface area (Å²) in [4.78, 5) is 12.1. The predicted octanol–water partition coefficient (Wildman–Crippen LogP) is 7.36. The average molecular weight is 441 g/mol. The fourth-order valence-electron chi connectivity index (χ4n) is 3.13. The monoisotopic (exact) mass is 440 g/mol. The van der Waals surface area contributed by atoms with Gasteiger partial charge < -0.3 is 9.47 Å². The highest BCUT2D eigenvalue weighted by molar-refractivity contribution is 9.10. The van der Waals surface area contributed by atoms with E-state index in [0.29, 0.717) is 12.2 Å². The average Bonchev–Trinajstić information content (AvgIpc) is 2.68. The number of methoxy groups -OCH3 is 1. The lowest BCUT2D eigenvalue weighted by atomic mass is 10.1. The Balaban J connectivity index is 1.94. The second-order valence-electron chi connectivity index (χ2n) is 7.21. The Morgan fingerprint density at radius 3 is 1.96 bits per heavy atom. The summed E-state index contributed by atoms with van der Waals surface area (Å²) < 4.78 is 11.5. The first-order valence-corrected chi connectivity index (χ1v) is 11.4. The van der Waals surface area contributed by atoms with Gasteiger partial charge in [0.05, 0.1) is 11.6 Å². The molecule has 0 unspecified atom stereocenters. The Morgan fingerprint density at radius 1 is 0.889 bits per heavy atom. The third-order valence-electron chi connectivity index (χ3n) is 4.85. The number of ether oxygens (including phenoxy) is 2. The molecule has 154 valence electrons. The van der Waals surface area contributed by atoms with E-state index < -0.39 is 0 Å². The molecule has 0 radical (unpaired) electrons. The van der Waals surface area contributed by atoms with Gasteiger partial charge in [0.25, 0.3) is 0 Å². The Kier molecular flexibility index (Phi) is 14.4. The summed E-state index contributed by atoms with van der Waals surface area (Å²) in [5, 5.41) is 0. The van der Waals surface area contributed by atoms with Crippen molar-refractivity contribution in [2.45, 2.75) is 84.0 Å². The standard InChI is InChI=1S/C23H37BrO3/c1-3-4-5-6-7-8-9-10-11-12-13-14-17-27-19-22(25)20-15-16-23(26-2)21(24)18-20/h15-16,18H,3-14,17,19H2,1-2H3. The van der Waals surface area contributed by atoms with Crippen molar-refractivity contribution in [3.05, 3.63) is 28.2 Å². The maximum atomic E-state index is 12.1. The van der Waals surface area contributed by atoms with Gasteiger partial charge in [-0.05, 0) is 40.5 Å². The topological polar surface area (TPSA) is 35.5 Å². The van der Waals surface area contributed by atoms with E-state index in [1.807, 2.05) is 0 Å². The van der Waals surface area contributed by atoms with Crippen molar-refractivity contribution in [1.82, 2.24) is 0 Å².